The maximum atomic E-state index is 11.7. The van der Waals surface area contributed by atoms with Crippen molar-refractivity contribution in [1.29, 1.82) is 0 Å². The van der Waals surface area contributed by atoms with Gasteiger partial charge in [0.05, 0.1) is 6.04 Å². The first-order chi connectivity index (χ1) is 6.37. The summed E-state index contributed by atoms with van der Waals surface area (Å²) in [6, 6.07) is -0.357. The maximum absolute atomic E-state index is 11.7. The molecule has 0 bridgehead atoms. The highest BCUT2D eigenvalue weighted by molar-refractivity contribution is 5.81. The third-order valence-electron chi connectivity index (χ3n) is 3.60. The van der Waals surface area contributed by atoms with Crippen LogP contribution in [0.3, 0.4) is 0 Å². The van der Waals surface area contributed by atoms with Crippen LogP contribution >= 0.6 is 0 Å². The molecule has 1 saturated heterocycles. The standard InChI is InChI=1S/C11H22N2O/c1-8(2)11(4)5-6-13(7-11)10(14)9(3)12/h8-9H,5-7,12H2,1-4H3/t9-,11+/m1/s1. The van der Waals surface area contributed by atoms with Gasteiger partial charge >= 0.3 is 0 Å². The molecule has 0 radical (unpaired) electrons. The van der Waals surface area contributed by atoms with E-state index in [-0.39, 0.29) is 17.4 Å². The molecule has 3 heteroatoms. The number of nitrogens with zero attached hydrogens (tertiary/aromatic N) is 1. The van der Waals surface area contributed by atoms with E-state index in [9.17, 15) is 4.79 Å². The molecule has 1 aliphatic rings. The normalized spacial score (nSPS) is 29.7. The summed E-state index contributed by atoms with van der Waals surface area (Å²) in [6.07, 6.45) is 1.10. The zero-order valence-electron chi connectivity index (χ0n) is 9.71. The molecular weight excluding hydrogens is 176 g/mol. The smallest absolute Gasteiger partial charge is 0.239 e. The van der Waals surface area contributed by atoms with Crippen LogP contribution in [-0.2, 0) is 4.79 Å². The minimum Gasteiger partial charge on any atom is -0.341 e. The molecule has 0 aromatic rings. The first-order valence-corrected chi connectivity index (χ1v) is 5.41. The number of rotatable bonds is 2. The van der Waals surface area contributed by atoms with E-state index < -0.39 is 0 Å². The summed E-state index contributed by atoms with van der Waals surface area (Å²) < 4.78 is 0. The Hall–Kier alpha value is -0.570. The topological polar surface area (TPSA) is 46.3 Å². The van der Waals surface area contributed by atoms with Crippen molar-refractivity contribution in [3.8, 4) is 0 Å². The van der Waals surface area contributed by atoms with Gasteiger partial charge in [-0.15, -0.1) is 0 Å². The highest BCUT2D eigenvalue weighted by Gasteiger charge is 2.38. The van der Waals surface area contributed by atoms with E-state index >= 15 is 0 Å². The molecule has 1 amide bonds. The molecule has 1 aliphatic heterocycles. The number of likely N-dealkylation sites (tertiary alicyclic amines) is 1. The van der Waals surface area contributed by atoms with Crippen LogP contribution in [0.4, 0.5) is 0 Å². The highest BCUT2D eigenvalue weighted by atomic mass is 16.2. The summed E-state index contributed by atoms with van der Waals surface area (Å²) in [5.74, 6) is 0.711. The molecular formula is C11H22N2O. The van der Waals surface area contributed by atoms with E-state index in [0.717, 1.165) is 19.5 Å². The number of carbonyl (C=O) groups excluding carboxylic acids is 1. The second-order valence-electron chi connectivity index (χ2n) is 5.11. The van der Waals surface area contributed by atoms with Crippen LogP contribution in [0, 0.1) is 11.3 Å². The lowest BCUT2D eigenvalue weighted by atomic mass is 9.78. The summed E-state index contributed by atoms with van der Waals surface area (Å²) in [4.78, 5) is 13.6. The van der Waals surface area contributed by atoms with Gasteiger partial charge in [-0.05, 0) is 24.7 Å². The molecule has 0 aromatic heterocycles. The van der Waals surface area contributed by atoms with Crippen molar-refractivity contribution in [2.75, 3.05) is 13.1 Å². The van der Waals surface area contributed by atoms with Gasteiger partial charge in [-0.3, -0.25) is 4.79 Å². The van der Waals surface area contributed by atoms with Crippen molar-refractivity contribution in [2.24, 2.45) is 17.1 Å². The van der Waals surface area contributed by atoms with Crippen molar-refractivity contribution in [3.63, 3.8) is 0 Å². The first kappa shape index (κ1) is 11.5. The van der Waals surface area contributed by atoms with Crippen LogP contribution < -0.4 is 5.73 Å². The quantitative estimate of drug-likeness (QED) is 0.725. The molecule has 1 fully saturated rings. The molecule has 14 heavy (non-hydrogen) atoms. The van der Waals surface area contributed by atoms with Gasteiger partial charge in [0.15, 0.2) is 0 Å². The summed E-state index contributed by atoms with van der Waals surface area (Å²) >= 11 is 0. The fourth-order valence-corrected chi connectivity index (χ4v) is 1.93. The van der Waals surface area contributed by atoms with Crippen LogP contribution in [-0.4, -0.2) is 29.9 Å². The van der Waals surface area contributed by atoms with Gasteiger partial charge in [0, 0.05) is 13.1 Å². The lowest BCUT2D eigenvalue weighted by Gasteiger charge is -2.29. The van der Waals surface area contributed by atoms with E-state index in [1.165, 1.54) is 0 Å². The third-order valence-corrected chi connectivity index (χ3v) is 3.60. The van der Waals surface area contributed by atoms with Gasteiger partial charge in [-0.1, -0.05) is 20.8 Å². The summed E-state index contributed by atoms with van der Waals surface area (Å²) in [7, 11) is 0. The molecule has 82 valence electrons. The van der Waals surface area contributed by atoms with Crippen molar-refractivity contribution < 1.29 is 4.79 Å². The minimum absolute atomic E-state index is 0.0920. The lowest BCUT2D eigenvalue weighted by Crippen LogP contribution is -2.42. The number of nitrogens with two attached hydrogens (primary N) is 1. The number of amides is 1. The van der Waals surface area contributed by atoms with Gasteiger partial charge in [-0.25, -0.2) is 0 Å². The summed E-state index contributed by atoms with van der Waals surface area (Å²) in [5.41, 5.74) is 5.87. The molecule has 0 saturated carbocycles. The number of hydrogen-bond donors (Lipinski definition) is 1. The van der Waals surface area contributed by atoms with Crippen LogP contribution in [0.5, 0.6) is 0 Å². The Morgan fingerprint density at radius 2 is 2.00 bits per heavy atom. The Kier molecular flexibility index (Phi) is 3.20. The lowest BCUT2D eigenvalue weighted by molar-refractivity contribution is -0.131. The highest BCUT2D eigenvalue weighted by Crippen LogP contribution is 2.37. The predicted octanol–water partition coefficient (Wildman–Crippen LogP) is 1.23. The zero-order chi connectivity index (χ0) is 10.9. The average molecular weight is 198 g/mol. The Balaban J connectivity index is 2.61. The molecule has 1 heterocycles. The molecule has 0 spiro atoms. The molecule has 1 rings (SSSR count). The number of hydrogen-bond acceptors (Lipinski definition) is 2. The molecule has 2 atom stereocenters. The second kappa shape index (κ2) is 3.89. The molecule has 3 nitrogen and oxygen atoms in total. The van der Waals surface area contributed by atoms with Crippen LogP contribution in [0.1, 0.15) is 34.1 Å². The molecule has 0 unspecified atom stereocenters. The predicted molar refractivity (Wildman–Crippen MR) is 57.8 cm³/mol. The van der Waals surface area contributed by atoms with Crippen molar-refractivity contribution >= 4 is 5.91 Å². The van der Waals surface area contributed by atoms with Gasteiger partial charge < -0.3 is 10.6 Å². The first-order valence-electron chi connectivity index (χ1n) is 5.41. The Labute approximate surface area is 86.6 Å². The van der Waals surface area contributed by atoms with Crippen molar-refractivity contribution in [3.05, 3.63) is 0 Å². The van der Waals surface area contributed by atoms with Gasteiger partial charge in [0.2, 0.25) is 5.91 Å². The van der Waals surface area contributed by atoms with Crippen molar-refractivity contribution in [2.45, 2.75) is 40.2 Å². The summed E-state index contributed by atoms with van der Waals surface area (Å²) in [6.45, 7) is 10.2. The van der Waals surface area contributed by atoms with Crippen LogP contribution in [0.2, 0.25) is 0 Å². The van der Waals surface area contributed by atoms with Crippen LogP contribution in [0.15, 0.2) is 0 Å². The Morgan fingerprint density at radius 1 is 1.43 bits per heavy atom. The average Bonchev–Trinajstić information content (AvgIpc) is 2.48. The van der Waals surface area contributed by atoms with E-state index in [1.807, 2.05) is 4.90 Å². The van der Waals surface area contributed by atoms with Crippen LogP contribution in [0.25, 0.3) is 0 Å². The second-order valence-corrected chi connectivity index (χ2v) is 5.11. The SMILES string of the molecule is CC(C)[C@@]1(C)CCN(C(=O)[C@@H](C)N)C1. The van der Waals surface area contributed by atoms with E-state index in [1.54, 1.807) is 6.92 Å². The maximum Gasteiger partial charge on any atom is 0.239 e. The number of carbonyl (C=O) groups is 1. The fourth-order valence-electron chi connectivity index (χ4n) is 1.93. The van der Waals surface area contributed by atoms with Crippen molar-refractivity contribution in [1.82, 2.24) is 4.90 Å². The largest absolute Gasteiger partial charge is 0.341 e. The van der Waals surface area contributed by atoms with E-state index in [4.69, 9.17) is 5.73 Å². The molecule has 2 N–H and O–H groups in total. The van der Waals surface area contributed by atoms with E-state index in [0.29, 0.717) is 5.92 Å². The minimum atomic E-state index is -0.357. The van der Waals surface area contributed by atoms with E-state index in [2.05, 4.69) is 20.8 Å². The summed E-state index contributed by atoms with van der Waals surface area (Å²) in [5, 5.41) is 0. The fraction of sp³-hybridized carbons (Fsp3) is 0.909. The monoisotopic (exact) mass is 198 g/mol. The molecule has 0 aliphatic carbocycles. The molecule has 0 aromatic carbocycles. The third kappa shape index (κ3) is 2.08. The van der Waals surface area contributed by atoms with Gasteiger partial charge in [-0.2, -0.15) is 0 Å². The Bertz CT molecular complexity index is 225. The van der Waals surface area contributed by atoms with Gasteiger partial charge in [0.25, 0.3) is 0 Å². The van der Waals surface area contributed by atoms with Gasteiger partial charge in [0.1, 0.15) is 0 Å². The Morgan fingerprint density at radius 3 is 2.36 bits per heavy atom. The zero-order valence-corrected chi connectivity index (χ0v) is 9.71.